The number of anilines is 2. The molecule has 0 aliphatic heterocycles. The molecule has 6 nitrogen and oxygen atoms in total. The fourth-order valence-corrected chi connectivity index (χ4v) is 4.07. The second-order valence-corrected chi connectivity index (χ2v) is 7.63. The average Bonchev–Trinajstić information content (AvgIpc) is 3.09. The van der Waals surface area contributed by atoms with Crippen LogP contribution in [0, 0.1) is 6.92 Å². The summed E-state index contributed by atoms with van der Waals surface area (Å²) in [5.74, 6) is -1.18. The fourth-order valence-electron chi connectivity index (χ4n) is 2.97. The molecule has 2 aromatic carbocycles. The monoisotopic (exact) mass is 422 g/mol. The Labute approximate surface area is 178 Å². The summed E-state index contributed by atoms with van der Waals surface area (Å²) in [5.41, 5.74) is 2.36. The van der Waals surface area contributed by atoms with Crippen LogP contribution in [0.2, 0.25) is 0 Å². The highest BCUT2D eigenvalue weighted by Gasteiger charge is 2.26. The molecule has 0 aliphatic rings. The molecule has 2 N–H and O–H groups in total. The molecule has 1 aromatic heterocycles. The van der Waals surface area contributed by atoms with E-state index in [-0.39, 0.29) is 23.8 Å². The number of para-hydroxylation sites is 1. The van der Waals surface area contributed by atoms with Crippen molar-refractivity contribution in [3.8, 4) is 0 Å². The van der Waals surface area contributed by atoms with E-state index < -0.39 is 5.97 Å². The van der Waals surface area contributed by atoms with Crippen molar-refractivity contribution in [1.29, 1.82) is 0 Å². The molecule has 30 heavy (non-hydrogen) atoms. The molecule has 0 saturated heterocycles. The molecule has 3 rings (SSSR count). The number of amides is 2. The Bertz CT molecular complexity index is 1050. The van der Waals surface area contributed by atoms with Gasteiger partial charge in [-0.1, -0.05) is 48.5 Å². The Morgan fingerprint density at radius 1 is 0.933 bits per heavy atom. The van der Waals surface area contributed by atoms with E-state index in [0.29, 0.717) is 27.5 Å². The lowest BCUT2D eigenvalue weighted by atomic mass is 10.1. The summed E-state index contributed by atoms with van der Waals surface area (Å²) in [5, 5.41) is 5.89. The molecule has 0 bridgehead atoms. The molecule has 0 fully saturated rings. The Hall–Kier alpha value is -3.45. The quantitative estimate of drug-likeness (QED) is 0.542. The van der Waals surface area contributed by atoms with Gasteiger partial charge in [-0.15, -0.1) is 11.3 Å². The number of benzene rings is 2. The highest BCUT2D eigenvalue weighted by Crippen LogP contribution is 2.34. The number of methoxy groups -OCH3 is 1. The lowest BCUT2D eigenvalue weighted by Gasteiger charge is -2.06. The number of rotatable bonds is 7. The van der Waals surface area contributed by atoms with Gasteiger partial charge in [-0.05, 0) is 36.6 Å². The topological polar surface area (TPSA) is 84.5 Å². The first-order valence-electron chi connectivity index (χ1n) is 9.41. The smallest absolute Gasteiger partial charge is 0.341 e. The molecular weight excluding hydrogens is 400 g/mol. The summed E-state index contributed by atoms with van der Waals surface area (Å²) < 4.78 is 4.86. The van der Waals surface area contributed by atoms with Gasteiger partial charge in [-0.2, -0.15) is 0 Å². The number of hydrogen-bond donors (Lipinski definition) is 2. The van der Waals surface area contributed by atoms with Crippen LogP contribution in [0.5, 0.6) is 0 Å². The molecule has 3 aromatic rings. The van der Waals surface area contributed by atoms with Crippen molar-refractivity contribution < 1.29 is 19.1 Å². The van der Waals surface area contributed by atoms with E-state index in [2.05, 4.69) is 10.6 Å². The van der Waals surface area contributed by atoms with E-state index in [4.69, 9.17) is 4.74 Å². The fraction of sp³-hybridized carbons (Fsp3) is 0.174. The third-order valence-corrected chi connectivity index (χ3v) is 5.72. The lowest BCUT2D eigenvalue weighted by molar-refractivity contribution is -0.116. The second-order valence-electron chi connectivity index (χ2n) is 6.61. The zero-order chi connectivity index (χ0) is 21.5. The largest absolute Gasteiger partial charge is 0.465 e. The molecule has 2 amide bonds. The number of hydrogen-bond acceptors (Lipinski definition) is 5. The lowest BCUT2D eigenvalue weighted by Crippen LogP contribution is -2.14. The zero-order valence-corrected chi connectivity index (χ0v) is 17.5. The van der Waals surface area contributed by atoms with Crippen LogP contribution in [0.4, 0.5) is 10.7 Å². The minimum absolute atomic E-state index is 0.203. The summed E-state index contributed by atoms with van der Waals surface area (Å²) in [6.07, 6.45) is 0.832. The number of nitrogens with one attached hydrogen (secondary N) is 2. The highest BCUT2D eigenvalue weighted by atomic mass is 32.1. The normalized spacial score (nSPS) is 10.3. The maximum Gasteiger partial charge on any atom is 0.341 e. The second kappa shape index (κ2) is 9.84. The van der Waals surface area contributed by atoms with Gasteiger partial charge >= 0.3 is 5.97 Å². The maximum absolute atomic E-state index is 12.7. The highest BCUT2D eigenvalue weighted by molar-refractivity contribution is 7.18. The van der Waals surface area contributed by atoms with Crippen LogP contribution in [-0.4, -0.2) is 24.9 Å². The van der Waals surface area contributed by atoms with Crippen LogP contribution in [-0.2, 0) is 16.0 Å². The van der Waals surface area contributed by atoms with Gasteiger partial charge in [0.15, 0.2) is 0 Å². The number of carbonyl (C=O) groups is 3. The summed E-state index contributed by atoms with van der Waals surface area (Å²) in [6, 6.07) is 18.7. The van der Waals surface area contributed by atoms with Crippen LogP contribution >= 0.6 is 11.3 Å². The van der Waals surface area contributed by atoms with Gasteiger partial charge in [-0.3, -0.25) is 9.59 Å². The number of esters is 1. The molecule has 0 atom stereocenters. The van der Waals surface area contributed by atoms with E-state index in [1.165, 1.54) is 7.11 Å². The number of aryl methyl sites for hydroxylation is 1. The molecule has 0 unspecified atom stereocenters. The minimum Gasteiger partial charge on any atom is -0.465 e. The van der Waals surface area contributed by atoms with Crippen molar-refractivity contribution in [1.82, 2.24) is 0 Å². The van der Waals surface area contributed by atoms with Crippen LogP contribution in [0.1, 0.15) is 37.6 Å². The van der Waals surface area contributed by atoms with E-state index in [1.807, 2.05) is 48.5 Å². The van der Waals surface area contributed by atoms with Crippen LogP contribution < -0.4 is 10.6 Å². The summed E-state index contributed by atoms with van der Waals surface area (Å²) >= 11 is 1.06. The van der Waals surface area contributed by atoms with Gasteiger partial charge in [0.2, 0.25) is 5.91 Å². The van der Waals surface area contributed by atoms with Crippen LogP contribution in [0.15, 0.2) is 60.7 Å². The minimum atomic E-state index is -0.596. The van der Waals surface area contributed by atoms with Crippen molar-refractivity contribution >= 4 is 39.8 Å². The van der Waals surface area contributed by atoms with Crippen molar-refractivity contribution in [3.05, 3.63) is 82.2 Å². The molecule has 154 valence electrons. The molecule has 0 radical (unpaired) electrons. The van der Waals surface area contributed by atoms with Crippen molar-refractivity contribution in [3.63, 3.8) is 0 Å². The Kier molecular flexibility index (Phi) is 6.98. The summed E-state index contributed by atoms with van der Waals surface area (Å²) in [6.45, 7) is 1.67. The Balaban J connectivity index is 1.79. The third kappa shape index (κ3) is 5.12. The zero-order valence-electron chi connectivity index (χ0n) is 16.7. The standard InChI is InChI=1S/C23H22N2O4S/c1-15-19(23(28)29-2)22(25-18(26)14-13-16-9-5-3-6-10-16)30-20(15)21(27)24-17-11-7-4-8-12-17/h3-12H,13-14H2,1-2H3,(H,24,27)(H,25,26). The molecule has 1 heterocycles. The van der Waals surface area contributed by atoms with Gasteiger partial charge in [0, 0.05) is 12.1 Å². The van der Waals surface area contributed by atoms with E-state index in [1.54, 1.807) is 19.1 Å². The molecular formula is C23H22N2O4S. The predicted molar refractivity (Wildman–Crippen MR) is 118 cm³/mol. The van der Waals surface area contributed by atoms with Gasteiger partial charge in [0.05, 0.1) is 17.6 Å². The first-order valence-corrected chi connectivity index (χ1v) is 10.2. The van der Waals surface area contributed by atoms with Crippen molar-refractivity contribution in [2.24, 2.45) is 0 Å². The molecule has 0 spiro atoms. The molecule has 0 saturated carbocycles. The first-order chi connectivity index (χ1) is 14.5. The number of carbonyl (C=O) groups excluding carboxylic acids is 3. The van der Waals surface area contributed by atoms with E-state index in [0.717, 1.165) is 16.9 Å². The van der Waals surface area contributed by atoms with Crippen molar-refractivity contribution in [2.45, 2.75) is 19.8 Å². The van der Waals surface area contributed by atoms with Crippen molar-refractivity contribution in [2.75, 3.05) is 17.7 Å². The summed E-state index contributed by atoms with van der Waals surface area (Å²) in [4.78, 5) is 37.9. The van der Waals surface area contributed by atoms with Crippen LogP contribution in [0.3, 0.4) is 0 Å². The SMILES string of the molecule is COC(=O)c1c(NC(=O)CCc2ccccc2)sc(C(=O)Nc2ccccc2)c1C. The predicted octanol–water partition coefficient (Wildman–Crippen LogP) is 4.67. The molecule has 0 aliphatic carbocycles. The Morgan fingerprint density at radius 2 is 1.57 bits per heavy atom. The van der Waals surface area contributed by atoms with Gasteiger partial charge in [0.25, 0.3) is 5.91 Å². The Morgan fingerprint density at radius 3 is 2.20 bits per heavy atom. The molecule has 7 heteroatoms. The average molecular weight is 423 g/mol. The van der Waals surface area contributed by atoms with Gasteiger partial charge in [-0.25, -0.2) is 4.79 Å². The van der Waals surface area contributed by atoms with Crippen LogP contribution in [0.25, 0.3) is 0 Å². The van der Waals surface area contributed by atoms with Gasteiger partial charge in [0.1, 0.15) is 5.00 Å². The number of thiophene rings is 1. The van der Waals surface area contributed by atoms with E-state index in [9.17, 15) is 14.4 Å². The third-order valence-electron chi connectivity index (χ3n) is 4.51. The van der Waals surface area contributed by atoms with E-state index >= 15 is 0 Å². The van der Waals surface area contributed by atoms with Gasteiger partial charge < -0.3 is 15.4 Å². The summed E-state index contributed by atoms with van der Waals surface area (Å²) in [7, 11) is 1.27. The maximum atomic E-state index is 12.7. The number of ether oxygens (including phenoxy) is 1. The first kappa shape index (κ1) is 21.3.